The fourth-order valence-electron chi connectivity index (χ4n) is 4.36. The van der Waals surface area contributed by atoms with Crippen molar-refractivity contribution in [1.29, 1.82) is 0 Å². The van der Waals surface area contributed by atoms with E-state index in [1.807, 2.05) is 24.3 Å². The summed E-state index contributed by atoms with van der Waals surface area (Å²) in [5, 5.41) is 1.48. The Hall–Kier alpha value is -2.33. The Morgan fingerprint density at radius 3 is 2.00 bits per heavy atom. The quantitative estimate of drug-likeness (QED) is 0.317. The zero-order chi connectivity index (χ0) is 21.4. The van der Waals surface area contributed by atoms with Crippen LogP contribution in [-0.4, -0.2) is 16.1 Å². The van der Waals surface area contributed by atoms with Crippen LogP contribution < -0.4 is 5.73 Å². The Morgan fingerprint density at radius 2 is 1.45 bits per heavy atom. The molecule has 5 rings (SSSR count). The van der Waals surface area contributed by atoms with Gasteiger partial charge in [0, 0.05) is 28.4 Å². The molecule has 0 radical (unpaired) electrons. The largest absolute Gasteiger partial charge is 0.330 e. The average Bonchev–Trinajstić information content (AvgIpc) is 3.57. The number of hydrogen-bond donors (Lipinski definition) is 1. The average molecular weight is 450 g/mol. The van der Waals surface area contributed by atoms with E-state index in [9.17, 15) is 0 Å². The third-order valence-corrected chi connectivity index (χ3v) is 6.57. The Kier molecular flexibility index (Phi) is 5.75. The summed E-state index contributed by atoms with van der Waals surface area (Å²) in [6.07, 6.45) is 3.42. The lowest BCUT2D eigenvalue weighted by atomic mass is 9.85. The number of hydrogen-bond acceptors (Lipinski definition) is 2. The number of nitrogens with two attached hydrogens (primary N) is 1. The van der Waals surface area contributed by atoms with Gasteiger partial charge in [0.25, 0.3) is 0 Å². The Labute approximate surface area is 192 Å². The first-order valence-electron chi connectivity index (χ1n) is 10.8. The number of halogens is 2. The van der Waals surface area contributed by atoms with Crippen LogP contribution in [0, 0.1) is 0 Å². The third-order valence-electron chi connectivity index (χ3n) is 6.07. The topological polar surface area (TPSA) is 43.8 Å². The highest BCUT2D eigenvalue weighted by atomic mass is 35.5. The monoisotopic (exact) mass is 449 g/mol. The minimum atomic E-state index is 0.0844. The van der Waals surface area contributed by atoms with Crippen LogP contribution in [-0.2, 0) is 6.54 Å². The molecule has 0 atom stereocenters. The summed E-state index contributed by atoms with van der Waals surface area (Å²) in [5.41, 5.74) is 11.7. The molecular weight excluding hydrogens is 425 g/mol. The second kappa shape index (κ2) is 8.66. The predicted octanol–water partition coefficient (Wildman–Crippen LogP) is 6.75. The van der Waals surface area contributed by atoms with Gasteiger partial charge in [-0.25, -0.2) is 4.98 Å². The third kappa shape index (κ3) is 4.23. The van der Waals surface area contributed by atoms with Crippen LogP contribution >= 0.6 is 23.2 Å². The zero-order valence-electron chi connectivity index (χ0n) is 17.3. The first-order chi connectivity index (χ1) is 15.1. The van der Waals surface area contributed by atoms with Gasteiger partial charge in [-0.2, -0.15) is 0 Å². The molecule has 1 saturated carbocycles. The van der Waals surface area contributed by atoms with E-state index in [0.717, 1.165) is 28.5 Å². The molecule has 0 spiro atoms. The smallest absolute Gasteiger partial charge is 0.112 e. The highest BCUT2D eigenvalue weighted by Crippen LogP contribution is 2.41. The van der Waals surface area contributed by atoms with Crippen LogP contribution in [0.15, 0.2) is 66.7 Å². The summed E-state index contributed by atoms with van der Waals surface area (Å²) in [5.74, 6) is 1.90. The normalized spacial score (nSPS) is 13.9. The predicted molar refractivity (Wildman–Crippen MR) is 129 cm³/mol. The molecule has 1 aliphatic carbocycles. The zero-order valence-corrected chi connectivity index (χ0v) is 18.8. The summed E-state index contributed by atoms with van der Waals surface area (Å²) >= 11 is 12.4. The summed E-state index contributed by atoms with van der Waals surface area (Å²) in [6, 6.07) is 22.9. The minimum absolute atomic E-state index is 0.0844. The molecule has 3 nitrogen and oxygen atoms in total. The lowest BCUT2D eigenvalue weighted by molar-refractivity contribution is 0.633. The van der Waals surface area contributed by atoms with Crippen molar-refractivity contribution in [2.45, 2.75) is 37.6 Å². The molecule has 0 unspecified atom stereocenters. The molecule has 5 heteroatoms. The second-order valence-corrected chi connectivity index (χ2v) is 9.20. The number of nitrogens with zero attached hydrogens (tertiary/aromatic N) is 2. The van der Waals surface area contributed by atoms with Crippen molar-refractivity contribution in [3.05, 3.63) is 99.3 Å². The molecule has 31 heavy (non-hydrogen) atoms. The fourth-order valence-corrected chi connectivity index (χ4v) is 4.62. The molecule has 1 fully saturated rings. The SMILES string of the molecule is NCCCn1c(C2CC2)nc2ccc(C(c3ccc(Cl)cc3)c3ccc(Cl)cc3)cc21. The number of aryl methyl sites for hydroxylation is 1. The molecule has 2 N–H and O–H groups in total. The fraction of sp³-hybridized carbons (Fsp3) is 0.269. The van der Waals surface area contributed by atoms with Crippen molar-refractivity contribution in [3.8, 4) is 0 Å². The lowest BCUT2D eigenvalue weighted by Gasteiger charge is -2.20. The van der Waals surface area contributed by atoms with E-state index in [1.54, 1.807) is 0 Å². The van der Waals surface area contributed by atoms with Gasteiger partial charge in [0.15, 0.2) is 0 Å². The van der Waals surface area contributed by atoms with Gasteiger partial charge in [0.1, 0.15) is 5.82 Å². The van der Waals surface area contributed by atoms with Gasteiger partial charge in [0.2, 0.25) is 0 Å². The van der Waals surface area contributed by atoms with Crippen molar-refractivity contribution in [3.63, 3.8) is 0 Å². The molecule has 0 aliphatic heterocycles. The van der Waals surface area contributed by atoms with Crippen molar-refractivity contribution in [1.82, 2.24) is 9.55 Å². The van der Waals surface area contributed by atoms with Crippen LogP contribution in [0.4, 0.5) is 0 Å². The van der Waals surface area contributed by atoms with Gasteiger partial charge < -0.3 is 10.3 Å². The number of aromatic nitrogens is 2. The molecule has 0 amide bonds. The van der Waals surface area contributed by atoms with Crippen molar-refractivity contribution < 1.29 is 0 Å². The molecule has 0 saturated heterocycles. The first-order valence-corrected chi connectivity index (χ1v) is 11.6. The second-order valence-electron chi connectivity index (χ2n) is 8.32. The van der Waals surface area contributed by atoms with Crippen molar-refractivity contribution in [2.24, 2.45) is 5.73 Å². The molecule has 158 valence electrons. The maximum atomic E-state index is 6.18. The standard InChI is InChI=1S/C26H25Cl2N3/c27-21-9-4-17(5-10-21)25(18-6-11-22(28)12-7-18)20-8-13-23-24(16-20)31(15-1-14-29)26(30-23)19-2-3-19/h4-13,16,19,25H,1-3,14-15,29H2. The van der Waals surface area contributed by atoms with E-state index in [-0.39, 0.29) is 5.92 Å². The van der Waals surface area contributed by atoms with Crippen LogP contribution in [0.3, 0.4) is 0 Å². The molecule has 1 aliphatic rings. The van der Waals surface area contributed by atoms with Crippen LogP contribution in [0.5, 0.6) is 0 Å². The van der Waals surface area contributed by atoms with E-state index in [1.165, 1.54) is 40.9 Å². The molecule has 1 heterocycles. The Bertz CT molecular complexity index is 1150. The Morgan fingerprint density at radius 1 is 0.871 bits per heavy atom. The number of benzene rings is 3. The maximum absolute atomic E-state index is 6.18. The van der Waals surface area contributed by atoms with Crippen molar-refractivity contribution in [2.75, 3.05) is 6.54 Å². The van der Waals surface area contributed by atoms with E-state index in [4.69, 9.17) is 33.9 Å². The molecule has 0 bridgehead atoms. The summed E-state index contributed by atoms with van der Waals surface area (Å²) in [7, 11) is 0. The van der Waals surface area contributed by atoms with Gasteiger partial charge >= 0.3 is 0 Å². The number of imidazole rings is 1. The van der Waals surface area contributed by atoms with E-state index >= 15 is 0 Å². The Balaban J connectivity index is 1.65. The van der Waals surface area contributed by atoms with E-state index in [0.29, 0.717) is 12.5 Å². The van der Waals surface area contributed by atoms with Gasteiger partial charge in [0.05, 0.1) is 11.0 Å². The summed E-state index contributed by atoms with van der Waals surface area (Å²) in [4.78, 5) is 4.98. The number of rotatable bonds is 7. The molecule has 4 aromatic rings. The van der Waals surface area contributed by atoms with E-state index in [2.05, 4.69) is 47.0 Å². The molecular formula is C26H25Cl2N3. The van der Waals surface area contributed by atoms with Crippen LogP contribution in [0.25, 0.3) is 11.0 Å². The first kappa shape index (κ1) is 20.6. The van der Waals surface area contributed by atoms with E-state index < -0.39 is 0 Å². The lowest BCUT2D eigenvalue weighted by Crippen LogP contribution is -2.09. The minimum Gasteiger partial charge on any atom is -0.330 e. The van der Waals surface area contributed by atoms with Gasteiger partial charge in [-0.05, 0) is 78.9 Å². The number of fused-ring (bicyclic) bond motifs is 1. The highest BCUT2D eigenvalue weighted by molar-refractivity contribution is 6.30. The molecule has 1 aromatic heterocycles. The van der Waals surface area contributed by atoms with Gasteiger partial charge in [-0.15, -0.1) is 0 Å². The molecule has 3 aromatic carbocycles. The maximum Gasteiger partial charge on any atom is 0.112 e. The van der Waals surface area contributed by atoms with Gasteiger partial charge in [-0.3, -0.25) is 0 Å². The summed E-state index contributed by atoms with van der Waals surface area (Å²) in [6.45, 7) is 1.59. The van der Waals surface area contributed by atoms with Crippen molar-refractivity contribution >= 4 is 34.2 Å². The highest BCUT2D eigenvalue weighted by Gasteiger charge is 2.30. The van der Waals surface area contributed by atoms with Gasteiger partial charge in [-0.1, -0.05) is 53.5 Å². The van der Waals surface area contributed by atoms with Crippen LogP contribution in [0.1, 0.15) is 53.6 Å². The van der Waals surface area contributed by atoms with Crippen LogP contribution in [0.2, 0.25) is 10.0 Å². The summed E-state index contributed by atoms with van der Waals surface area (Å²) < 4.78 is 2.39.